The van der Waals surface area contributed by atoms with Crippen molar-refractivity contribution >= 4 is 18.2 Å². The monoisotopic (exact) mass is 552 g/mol. The molecule has 0 atom stereocenters. The Balaban J connectivity index is 0.000000724. The van der Waals surface area contributed by atoms with Crippen LogP contribution in [0.3, 0.4) is 0 Å². The number of ether oxygens (including phenoxy) is 1. The van der Waals surface area contributed by atoms with Crippen LogP contribution in [0.25, 0.3) is 0 Å². The number of hydrogen-bond acceptors (Lipinski definition) is 12. The number of carbonyl (C=O) groups excluding carboxylic acids is 1. The van der Waals surface area contributed by atoms with Crippen molar-refractivity contribution in [2.45, 2.75) is 51.6 Å². The van der Waals surface area contributed by atoms with E-state index in [0.29, 0.717) is 6.42 Å². The second kappa shape index (κ2) is 19.7. The van der Waals surface area contributed by atoms with Gasteiger partial charge >= 0.3 is 0 Å². The van der Waals surface area contributed by atoms with E-state index in [0.717, 1.165) is 50.4 Å². The molecule has 15 nitrogen and oxygen atoms in total. The van der Waals surface area contributed by atoms with Crippen molar-refractivity contribution in [2.75, 3.05) is 39.5 Å². The molecule has 1 aromatic rings. The third-order valence-electron chi connectivity index (χ3n) is 5.01. The van der Waals surface area contributed by atoms with Crippen LogP contribution in [0.1, 0.15) is 55.8 Å². The number of benzene rings is 1. The average Bonchev–Trinajstić information content (AvgIpc) is 2.85. The van der Waals surface area contributed by atoms with Crippen molar-refractivity contribution in [3.05, 3.63) is 60.2 Å². The molecule has 0 aromatic heterocycles. The van der Waals surface area contributed by atoms with Crippen molar-refractivity contribution in [3.8, 4) is 5.75 Å². The molecule has 210 valence electrons. The number of unbranched alkanes of at least 4 members (excludes halogenated alkanes) is 1. The lowest BCUT2D eigenvalue weighted by atomic mass is 10.1. The normalized spacial score (nSPS) is 12.8. The van der Waals surface area contributed by atoms with E-state index >= 15 is 0 Å². The van der Waals surface area contributed by atoms with Crippen LogP contribution in [0.4, 0.5) is 0 Å². The molecular weight excluding hydrogens is 520 g/mol. The van der Waals surface area contributed by atoms with E-state index in [1.165, 1.54) is 19.3 Å². The number of carbonyl (C=O) groups is 1. The van der Waals surface area contributed by atoms with Gasteiger partial charge in [0.25, 0.3) is 15.3 Å². The van der Waals surface area contributed by atoms with Crippen LogP contribution < -0.4 is 4.74 Å². The molecular formula is C21H33ClN4O11. The van der Waals surface area contributed by atoms with Crippen LogP contribution >= 0.6 is 12.4 Å². The van der Waals surface area contributed by atoms with Gasteiger partial charge in [-0.2, -0.15) is 0 Å². The van der Waals surface area contributed by atoms with Crippen LogP contribution in [0.5, 0.6) is 5.75 Å². The molecule has 0 spiro atoms. The highest BCUT2D eigenvalue weighted by Crippen LogP contribution is 2.15. The second-order valence-electron chi connectivity index (χ2n) is 7.79. The fourth-order valence-electron chi connectivity index (χ4n) is 3.18. The van der Waals surface area contributed by atoms with Crippen molar-refractivity contribution in [3.63, 3.8) is 0 Å². The summed E-state index contributed by atoms with van der Waals surface area (Å²) >= 11 is 0. The van der Waals surface area contributed by atoms with Gasteiger partial charge in [0.15, 0.2) is 11.9 Å². The van der Waals surface area contributed by atoms with E-state index < -0.39 is 34.6 Å². The van der Waals surface area contributed by atoms with Gasteiger partial charge in [-0.1, -0.05) is 19.8 Å². The van der Waals surface area contributed by atoms with Gasteiger partial charge in [0.1, 0.15) is 19.0 Å². The topological polar surface area (TPSA) is 187 Å². The molecule has 0 bridgehead atoms. The lowest BCUT2D eigenvalue weighted by molar-refractivity contribution is -0.803. The molecule has 1 aromatic carbocycles. The zero-order chi connectivity index (χ0) is 26.8. The first kappa shape index (κ1) is 33.5. The molecule has 16 heteroatoms. The van der Waals surface area contributed by atoms with Crippen LogP contribution in [0.2, 0.25) is 0 Å². The minimum atomic E-state index is -1.55. The maximum atomic E-state index is 12.2. The Morgan fingerprint density at radius 2 is 1.51 bits per heavy atom. The number of piperidine rings is 1. The van der Waals surface area contributed by atoms with Crippen molar-refractivity contribution in [1.82, 2.24) is 4.90 Å². The number of hydrogen-bond donors (Lipinski definition) is 0. The zero-order valence-corrected chi connectivity index (χ0v) is 21.4. The summed E-state index contributed by atoms with van der Waals surface area (Å²) < 4.78 is 5.62. The molecule has 0 unspecified atom stereocenters. The average molecular weight is 553 g/mol. The van der Waals surface area contributed by atoms with Crippen molar-refractivity contribution in [1.29, 1.82) is 0 Å². The molecule has 1 aliphatic heterocycles. The zero-order valence-electron chi connectivity index (χ0n) is 20.6. The van der Waals surface area contributed by atoms with Gasteiger partial charge in [-0.15, -0.1) is 42.7 Å². The standard InChI is InChI=1S/C18H27NO2.C3H5N3O9.ClH/c1-2-3-15-21-17-9-7-16(8-10-17)18(20)11-14-19-12-5-4-6-13-19;7-4(8)13-1-3(15-6(11)12)2-14-5(9)10;/h7-10H,2-6,11-15H2,1H3;3H,1-2H2;1H. The molecule has 1 saturated heterocycles. The Bertz CT molecular complexity index is 805. The van der Waals surface area contributed by atoms with Gasteiger partial charge in [0.05, 0.1) is 6.61 Å². The van der Waals surface area contributed by atoms with Gasteiger partial charge < -0.3 is 24.1 Å². The molecule has 2 rings (SSSR count). The number of nitrogens with zero attached hydrogens (tertiary/aromatic N) is 4. The molecule has 0 aliphatic carbocycles. The number of rotatable bonds is 16. The van der Waals surface area contributed by atoms with Crippen LogP contribution in [0, 0.1) is 30.3 Å². The summed E-state index contributed by atoms with van der Waals surface area (Å²) in [5, 5.41) is 25.5. The molecule has 0 radical (unpaired) electrons. The van der Waals surface area contributed by atoms with E-state index in [2.05, 4.69) is 26.3 Å². The Hall–Kier alpha value is -3.46. The van der Waals surface area contributed by atoms with E-state index in [-0.39, 0.29) is 18.2 Å². The van der Waals surface area contributed by atoms with E-state index in [1.54, 1.807) is 0 Å². The Morgan fingerprint density at radius 1 is 0.946 bits per heavy atom. The summed E-state index contributed by atoms with van der Waals surface area (Å²) in [5.41, 5.74) is 0.801. The summed E-state index contributed by atoms with van der Waals surface area (Å²) in [6, 6.07) is 7.59. The molecule has 0 saturated carbocycles. The number of ketones is 1. The summed E-state index contributed by atoms with van der Waals surface area (Å²) in [5.74, 6) is 1.09. The maximum absolute atomic E-state index is 12.2. The highest BCUT2D eigenvalue weighted by Gasteiger charge is 2.17. The summed E-state index contributed by atoms with van der Waals surface area (Å²) in [6.45, 7) is 4.40. The van der Waals surface area contributed by atoms with Gasteiger partial charge in [-0.25, -0.2) is 0 Å². The fraction of sp³-hybridized carbons (Fsp3) is 0.667. The first-order chi connectivity index (χ1) is 17.2. The predicted molar refractivity (Wildman–Crippen MR) is 131 cm³/mol. The second-order valence-corrected chi connectivity index (χ2v) is 7.79. The van der Waals surface area contributed by atoms with Gasteiger partial charge in [-0.3, -0.25) is 4.79 Å². The SMILES string of the molecule is CCCCOc1ccc(C(=O)CCN2CCCCC2)cc1.Cl.O=[N+]([O-])OCC(CO[N+](=O)[O-])O[N+](=O)[O-]. The summed E-state index contributed by atoms with van der Waals surface area (Å²) in [6.07, 6.45) is 5.16. The molecule has 1 aliphatic rings. The third-order valence-corrected chi connectivity index (χ3v) is 5.01. The molecule has 1 heterocycles. The molecule has 37 heavy (non-hydrogen) atoms. The lowest BCUT2D eigenvalue weighted by Crippen LogP contribution is -2.31. The summed E-state index contributed by atoms with van der Waals surface area (Å²) in [4.78, 5) is 55.1. The molecule has 1 fully saturated rings. The smallest absolute Gasteiger partial charge is 0.294 e. The van der Waals surface area contributed by atoms with E-state index in [9.17, 15) is 35.1 Å². The van der Waals surface area contributed by atoms with Crippen molar-refractivity contribution in [2.24, 2.45) is 0 Å². The van der Waals surface area contributed by atoms with Crippen LogP contribution in [-0.2, 0) is 14.5 Å². The maximum Gasteiger partial charge on any atom is 0.294 e. The Kier molecular flexibility index (Phi) is 17.9. The summed E-state index contributed by atoms with van der Waals surface area (Å²) in [7, 11) is 0. The van der Waals surface area contributed by atoms with Crippen molar-refractivity contribution < 1.29 is 39.3 Å². The van der Waals surface area contributed by atoms with Gasteiger partial charge in [0, 0.05) is 18.5 Å². The third kappa shape index (κ3) is 16.8. The minimum Gasteiger partial charge on any atom is -0.494 e. The first-order valence-corrected chi connectivity index (χ1v) is 11.6. The Morgan fingerprint density at radius 3 is 2.00 bits per heavy atom. The first-order valence-electron chi connectivity index (χ1n) is 11.6. The van der Waals surface area contributed by atoms with Gasteiger partial charge in [-0.05, 0) is 56.6 Å². The Labute approximate surface area is 219 Å². The van der Waals surface area contributed by atoms with Crippen LogP contribution in [-0.4, -0.2) is 71.5 Å². The van der Waals surface area contributed by atoms with Gasteiger partial charge in [0.2, 0.25) is 0 Å². The fourth-order valence-corrected chi connectivity index (χ4v) is 3.18. The minimum absolute atomic E-state index is 0. The van der Waals surface area contributed by atoms with E-state index in [4.69, 9.17) is 4.74 Å². The highest BCUT2D eigenvalue weighted by atomic mass is 35.5. The number of Topliss-reactive ketones (excluding diaryl/α,β-unsaturated/α-hetero) is 1. The number of halogens is 1. The van der Waals surface area contributed by atoms with Crippen LogP contribution in [0.15, 0.2) is 24.3 Å². The quantitative estimate of drug-likeness (QED) is 0.126. The molecule has 0 N–H and O–H groups in total. The lowest BCUT2D eigenvalue weighted by Gasteiger charge is -2.25. The number of likely N-dealkylation sites (tertiary alicyclic amines) is 1. The predicted octanol–water partition coefficient (Wildman–Crippen LogP) is 3.33. The highest BCUT2D eigenvalue weighted by molar-refractivity contribution is 5.96. The molecule has 0 amide bonds. The van der Waals surface area contributed by atoms with E-state index in [1.807, 2.05) is 24.3 Å². The largest absolute Gasteiger partial charge is 0.494 e.